The maximum absolute atomic E-state index is 11.7. The largest absolute Gasteiger partial charge is 0.494 e. The molecule has 3 N–H and O–H groups in total. The van der Waals surface area contributed by atoms with E-state index in [9.17, 15) is 4.79 Å². The van der Waals surface area contributed by atoms with E-state index in [0.29, 0.717) is 29.1 Å². The zero-order valence-corrected chi connectivity index (χ0v) is 20.2. The van der Waals surface area contributed by atoms with Gasteiger partial charge in [-0.15, -0.1) is 0 Å². The quantitative estimate of drug-likeness (QED) is 0.320. The standard InChI is InChI=1S/C27H27N7O2/c1-4-25(35)31-19-10-11-28-23(12-19)21-7-5-6-17-14-29-27(33-26(17)21)32-22-9-8-18(13-24(22)36-3)30-20-15-34(2)16-20/h4-14,20,30H,1,15-16H2,2-3H3,(H,28,31,35)(H,29,32,33). The molecule has 1 saturated heterocycles. The summed E-state index contributed by atoms with van der Waals surface area (Å²) in [5.74, 6) is 0.844. The van der Waals surface area contributed by atoms with Gasteiger partial charge in [0, 0.05) is 53.9 Å². The molecule has 1 fully saturated rings. The number of hydrogen-bond acceptors (Lipinski definition) is 8. The summed E-state index contributed by atoms with van der Waals surface area (Å²) in [4.78, 5) is 27.8. The molecule has 0 radical (unpaired) electrons. The second kappa shape index (κ2) is 10.0. The van der Waals surface area contributed by atoms with Crippen molar-refractivity contribution >= 4 is 39.8 Å². The maximum Gasteiger partial charge on any atom is 0.247 e. The second-order valence-electron chi connectivity index (χ2n) is 8.66. The molecule has 1 aliphatic rings. The Morgan fingerprint density at radius 2 is 2.00 bits per heavy atom. The lowest BCUT2D eigenvalue weighted by Gasteiger charge is -2.37. The van der Waals surface area contributed by atoms with Crippen molar-refractivity contribution in [2.75, 3.05) is 43.2 Å². The summed E-state index contributed by atoms with van der Waals surface area (Å²) in [6.45, 7) is 5.54. The van der Waals surface area contributed by atoms with Crippen LogP contribution in [0, 0.1) is 0 Å². The summed E-state index contributed by atoms with van der Waals surface area (Å²) in [5.41, 5.74) is 4.64. The van der Waals surface area contributed by atoms with Gasteiger partial charge >= 0.3 is 0 Å². The number of nitrogens with one attached hydrogen (secondary N) is 3. The minimum atomic E-state index is -0.283. The Balaban J connectivity index is 1.43. The number of nitrogens with zero attached hydrogens (tertiary/aromatic N) is 4. The molecule has 9 heteroatoms. The average molecular weight is 482 g/mol. The van der Waals surface area contributed by atoms with Crippen molar-refractivity contribution in [3.63, 3.8) is 0 Å². The fourth-order valence-corrected chi connectivity index (χ4v) is 4.20. The molecule has 0 atom stereocenters. The first-order valence-electron chi connectivity index (χ1n) is 11.6. The molecular weight excluding hydrogens is 454 g/mol. The van der Waals surface area contributed by atoms with Crippen LogP contribution in [0.3, 0.4) is 0 Å². The van der Waals surface area contributed by atoms with Gasteiger partial charge in [0.05, 0.1) is 30.0 Å². The number of likely N-dealkylation sites (tertiary alicyclic amines) is 1. The molecule has 9 nitrogen and oxygen atoms in total. The van der Waals surface area contributed by atoms with Crippen molar-refractivity contribution in [3.8, 4) is 17.0 Å². The zero-order chi connectivity index (χ0) is 25.1. The predicted molar refractivity (Wildman–Crippen MR) is 143 cm³/mol. The molecule has 1 aliphatic heterocycles. The van der Waals surface area contributed by atoms with Crippen LogP contribution < -0.4 is 20.7 Å². The van der Waals surface area contributed by atoms with Crippen LogP contribution in [-0.2, 0) is 4.79 Å². The van der Waals surface area contributed by atoms with Gasteiger partial charge in [-0.25, -0.2) is 9.97 Å². The van der Waals surface area contributed by atoms with Crippen LogP contribution >= 0.6 is 0 Å². The average Bonchev–Trinajstić information content (AvgIpc) is 2.88. The van der Waals surface area contributed by atoms with Crippen LogP contribution in [0.2, 0.25) is 0 Å². The van der Waals surface area contributed by atoms with Crippen LogP contribution in [0.4, 0.5) is 23.0 Å². The minimum Gasteiger partial charge on any atom is -0.494 e. The minimum absolute atomic E-state index is 0.283. The van der Waals surface area contributed by atoms with E-state index < -0.39 is 0 Å². The number of methoxy groups -OCH3 is 1. The molecule has 0 saturated carbocycles. The Hall–Kier alpha value is -4.50. The molecule has 182 valence electrons. The van der Waals surface area contributed by atoms with Gasteiger partial charge in [0.25, 0.3) is 0 Å². The molecule has 2 aromatic carbocycles. The van der Waals surface area contributed by atoms with Gasteiger partial charge in [0.1, 0.15) is 5.75 Å². The molecule has 3 heterocycles. The number of para-hydroxylation sites is 1. The normalized spacial score (nSPS) is 13.6. The van der Waals surface area contributed by atoms with Crippen molar-refractivity contribution in [3.05, 3.63) is 73.6 Å². The lowest BCUT2D eigenvalue weighted by molar-refractivity contribution is -0.111. The number of carbonyl (C=O) groups is 1. The number of ether oxygens (including phenoxy) is 1. The van der Waals surface area contributed by atoms with Crippen molar-refractivity contribution in [2.24, 2.45) is 0 Å². The molecule has 0 bridgehead atoms. The fraction of sp³-hybridized carbons (Fsp3) is 0.185. The van der Waals surface area contributed by atoms with Crippen molar-refractivity contribution in [1.82, 2.24) is 19.9 Å². The number of benzene rings is 2. The highest BCUT2D eigenvalue weighted by Crippen LogP contribution is 2.32. The molecule has 4 aromatic rings. The van der Waals surface area contributed by atoms with Gasteiger partial charge in [0.2, 0.25) is 11.9 Å². The number of fused-ring (bicyclic) bond motifs is 1. The van der Waals surface area contributed by atoms with E-state index in [4.69, 9.17) is 9.72 Å². The summed E-state index contributed by atoms with van der Waals surface area (Å²) in [7, 11) is 3.75. The number of hydrogen-bond donors (Lipinski definition) is 3. The predicted octanol–water partition coefficient (Wildman–Crippen LogP) is 4.29. The van der Waals surface area contributed by atoms with E-state index >= 15 is 0 Å². The van der Waals surface area contributed by atoms with Crippen LogP contribution in [0.1, 0.15) is 0 Å². The van der Waals surface area contributed by atoms with Crippen molar-refractivity contribution in [1.29, 1.82) is 0 Å². The van der Waals surface area contributed by atoms with Gasteiger partial charge in [-0.1, -0.05) is 24.8 Å². The number of aromatic nitrogens is 3. The molecule has 0 spiro atoms. The third kappa shape index (κ3) is 4.96. The smallest absolute Gasteiger partial charge is 0.247 e. The summed E-state index contributed by atoms with van der Waals surface area (Å²) in [6, 6.07) is 15.7. The van der Waals surface area contributed by atoms with Gasteiger partial charge in [-0.3, -0.25) is 9.78 Å². The number of rotatable bonds is 8. The van der Waals surface area contributed by atoms with Crippen LogP contribution in [0.15, 0.2) is 73.6 Å². The van der Waals surface area contributed by atoms with E-state index in [0.717, 1.165) is 40.9 Å². The van der Waals surface area contributed by atoms with Gasteiger partial charge in [-0.2, -0.15) is 0 Å². The number of anilines is 4. The second-order valence-corrected chi connectivity index (χ2v) is 8.66. The van der Waals surface area contributed by atoms with Crippen LogP contribution in [0.25, 0.3) is 22.2 Å². The van der Waals surface area contributed by atoms with Gasteiger partial charge in [0.15, 0.2) is 0 Å². The first-order chi connectivity index (χ1) is 17.5. The third-order valence-electron chi connectivity index (χ3n) is 5.98. The Morgan fingerprint density at radius 1 is 1.14 bits per heavy atom. The number of likely N-dealkylation sites (N-methyl/N-ethyl adjacent to an activating group) is 1. The Morgan fingerprint density at radius 3 is 2.78 bits per heavy atom. The summed E-state index contributed by atoms with van der Waals surface area (Å²) in [6.07, 6.45) is 4.65. The molecule has 36 heavy (non-hydrogen) atoms. The number of carbonyl (C=O) groups excluding carboxylic acids is 1. The number of pyridine rings is 1. The number of amides is 1. The van der Waals surface area contributed by atoms with Gasteiger partial charge < -0.3 is 25.6 Å². The molecule has 2 aromatic heterocycles. The Labute approximate surface area is 209 Å². The first-order valence-corrected chi connectivity index (χ1v) is 11.6. The van der Waals surface area contributed by atoms with E-state index in [2.05, 4.69) is 44.4 Å². The maximum atomic E-state index is 11.7. The van der Waals surface area contributed by atoms with Crippen molar-refractivity contribution in [2.45, 2.75) is 6.04 Å². The zero-order valence-electron chi connectivity index (χ0n) is 20.2. The summed E-state index contributed by atoms with van der Waals surface area (Å²) >= 11 is 0. The first kappa shape index (κ1) is 23.3. The van der Waals surface area contributed by atoms with E-state index in [-0.39, 0.29) is 5.91 Å². The van der Waals surface area contributed by atoms with E-state index in [1.807, 2.05) is 36.4 Å². The van der Waals surface area contributed by atoms with E-state index in [1.54, 1.807) is 31.6 Å². The Kier molecular flexibility index (Phi) is 6.46. The summed E-state index contributed by atoms with van der Waals surface area (Å²) in [5, 5.41) is 10.4. The van der Waals surface area contributed by atoms with Crippen LogP contribution in [-0.4, -0.2) is 59.0 Å². The summed E-state index contributed by atoms with van der Waals surface area (Å²) < 4.78 is 5.63. The molecule has 0 aliphatic carbocycles. The molecule has 5 rings (SSSR count). The topological polar surface area (TPSA) is 104 Å². The lowest BCUT2D eigenvalue weighted by Crippen LogP contribution is -2.52. The highest BCUT2D eigenvalue weighted by molar-refractivity contribution is 5.99. The highest BCUT2D eigenvalue weighted by atomic mass is 16.5. The highest BCUT2D eigenvalue weighted by Gasteiger charge is 2.23. The third-order valence-corrected chi connectivity index (χ3v) is 5.98. The van der Waals surface area contributed by atoms with Crippen LogP contribution in [0.5, 0.6) is 5.75 Å². The Bertz CT molecular complexity index is 1430. The SMILES string of the molecule is C=CC(=O)Nc1ccnc(-c2cccc3cnc(Nc4ccc(NC5CN(C)C5)cc4OC)nc23)c1. The molecular formula is C27H27N7O2. The van der Waals surface area contributed by atoms with Gasteiger partial charge in [-0.05, 0) is 37.4 Å². The monoisotopic (exact) mass is 481 g/mol. The lowest BCUT2D eigenvalue weighted by atomic mass is 10.1. The van der Waals surface area contributed by atoms with E-state index in [1.165, 1.54) is 6.08 Å². The molecule has 1 amide bonds. The van der Waals surface area contributed by atoms with Crippen molar-refractivity contribution < 1.29 is 9.53 Å². The molecule has 0 unspecified atom stereocenters. The fourth-order valence-electron chi connectivity index (χ4n) is 4.20.